The molecule has 0 saturated carbocycles. The van der Waals surface area contributed by atoms with Gasteiger partial charge in [-0.25, -0.2) is 0 Å². The third-order valence-corrected chi connectivity index (χ3v) is 3.09. The van der Waals surface area contributed by atoms with E-state index in [1.807, 2.05) is 30.3 Å². The molecule has 2 aromatic rings. The van der Waals surface area contributed by atoms with Crippen molar-refractivity contribution in [2.24, 2.45) is 0 Å². The highest BCUT2D eigenvalue weighted by atomic mass is 16.1. The van der Waals surface area contributed by atoms with Crippen LogP contribution in [0.5, 0.6) is 0 Å². The fraction of sp³-hybridized carbons (Fsp3) is 0.188. The van der Waals surface area contributed by atoms with E-state index in [4.69, 9.17) is 0 Å². The Kier molecular flexibility index (Phi) is 3.43. The van der Waals surface area contributed by atoms with Gasteiger partial charge >= 0.3 is 0 Å². The molecule has 0 spiro atoms. The van der Waals surface area contributed by atoms with Gasteiger partial charge in [0.1, 0.15) is 6.07 Å². The van der Waals surface area contributed by atoms with Gasteiger partial charge in [0.15, 0.2) is 5.78 Å². The van der Waals surface area contributed by atoms with E-state index in [0.717, 1.165) is 5.56 Å². The molecule has 1 heterocycles. The lowest BCUT2D eigenvalue weighted by Crippen LogP contribution is -2.07. The molecule has 0 saturated heterocycles. The van der Waals surface area contributed by atoms with Gasteiger partial charge in [-0.15, -0.1) is 0 Å². The first kappa shape index (κ1) is 13.0. The summed E-state index contributed by atoms with van der Waals surface area (Å²) in [5.41, 5.74) is 3.90. The van der Waals surface area contributed by atoms with Crippen LogP contribution < -0.4 is 0 Å². The standard InChI is InChI=1S/C16H14N2O/c1-10-14(9-17)16(13-7-5-4-6-8-13)15(12(3)19)11(2)18-10/h4-8H,1-3H3. The maximum absolute atomic E-state index is 11.9. The number of nitriles is 1. The molecular formula is C16H14N2O. The third kappa shape index (κ3) is 2.25. The van der Waals surface area contributed by atoms with Gasteiger partial charge in [-0.2, -0.15) is 5.26 Å². The molecule has 0 N–H and O–H groups in total. The predicted molar refractivity (Wildman–Crippen MR) is 73.9 cm³/mol. The van der Waals surface area contributed by atoms with E-state index in [-0.39, 0.29) is 5.78 Å². The second kappa shape index (κ2) is 5.03. The first-order valence-electron chi connectivity index (χ1n) is 6.04. The van der Waals surface area contributed by atoms with Gasteiger partial charge in [0.2, 0.25) is 0 Å². The second-order valence-electron chi connectivity index (χ2n) is 4.44. The molecule has 3 heteroatoms. The summed E-state index contributed by atoms with van der Waals surface area (Å²) >= 11 is 0. The number of benzene rings is 1. The Labute approximate surface area is 112 Å². The summed E-state index contributed by atoms with van der Waals surface area (Å²) in [4.78, 5) is 16.2. The summed E-state index contributed by atoms with van der Waals surface area (Å²) in [6.07, 6.45) is 0. The Morgan fingerprint density at radius 2 is 1.79 bits per heavy atom. The highest BCUT2D eigenvalue weighted by molar-refractivity contribution is 6.03. The summed E-state index contributed by atoms with van der Waals surface area (Å²) in [7, 11) is 0. The lowest BCUT2D eigenvalue weighted by atomic mass is 9.91. The number of ketones is 1. The van der Waals surface area contributed by atoms with Gasteiger partial charge in [0, 0.05) is 16.8 Å². The van der Waals surface area contributed by atoms with Crippen LogP contribution in [-0.2, 0) is 0 Å². The first-order chi connectivity index (χ1) is 9.06. The van der Waals surface area contributed by atoms with Crippen molar-refractivity contribution in [3.63, 3.8) is 0 Å². The van der Waals surface area contributed by atoms with E-state index in [1.165, 1.54) is 6.92 Å². The minimum Gasteiger partial charge on any atom is -0.294 e. The molecule has 0 aliphatic carbocycles. The van der Waals surface area contributed by atoms with Crippen molar-refractivity contribution in [3.05, 3.63) is 52.8 Å². The molecule has 1 aromatic heterocycles. The number of nitrogens with zero attached hydrogens (tertiary/aromatic N) is 2. The molecule has 0 radical (unpaired) electrons. The number of aryl methyl sites for hydroxylation is 2. The molecule has 3 nitrogen and oxygen atoms in total. The van der Waals surface area contributed by atoms with Crippen molar-refractivity contribution in [2.45, 2.75) is 20.8 Å². The summed E-state index contributed by atoms with van der Waals surface area (Å²) in [5.74, 6) is -0.0691. The molecule has 0 amide bonds. The molecule has 0 unspecified atom stereocenters. The van der Waals surface area contributed by atoms with E-state index in [9.17, 15) is 10.1 Å². The van der Waals surface area contributed by atoms with Gasteiger partial charge in [0.05, 0.1) is 11.3 Å². The maximum Gasteiger partial charge on any atom is 0.162 e. The number of pyridine rings is 1. The normalized spacial score (nSPS) is 10.0. The number of hydrogen-bond donors (Lipinski definition) is 0. The molecule has 2 rings (SSSR count). The molecule has 0 aliphatic rings. The molecule has 0 atom stereocenters. The number of Topliss-reactive ketones (excluding diaryl/α,β-unsaturated/α-hetero) is 1. The van der Waals surface area contributed by atoms with Crippen LogP contribution in [0.2, 0.25) is 0 Å². The first-order valence-corrected chi connectivity index (χ1v) is 6.04. The molecule has 0 fully saturated rings. The summed E-state index contributed by atoms with van der Waals surface area (Å²) in [6, 6.07) is 11.7. The minimum atomic E-state index is -0.0691. The third-order valence-electron chi connectivity index (χ3n) is 3.09. The number of aromatic nitrogens is 1. The molecular weight excluding hydrogens is 236 g/mol. The highest BCUT2D eigenvalue weighted by Crippen LogP contribution is 2.30. The van der Waals surface area contributed by atoms with Crippen molar-refractivity contribution in [2.75, 3.05) is 0 Å². The van der Waals surface area contributed by atoms with Crippen molar-refractivity contribution < 1.29 is 4.79 Å². The van der Waals surface area contributed by atoms with E-state index < -0.39 is 0 Å². The fourth-order valence-electron chi connectivity index (χ4n) is 2.31. The van der Waals surface area contributed by atoms with Crippen LogP contribution in [0.25, 0.3) is 11.1 Å². The zero-order valence-corrected chi connectivity index (χ0v) is 11.2. The topological polar surface area (TPSA) is 53.8 Å². The SMILES string of the molecule is CC(=O)c1c(C)nc(C)c(C#N)c1-c1ccccc1. The summed E-state index contributed by atoms with van der Waals surface area (Å²) in [6.45, 7) is 5.10. The van der Waals surface area contributed by atoms with E-state index in [0.29, 0.717) is 28.1 Å². The Balaban J connectivity index is 2.91. The Morgan fingerprint density at radius 1 is 1.16 bits per heavy atom. The quantitative estimate of drug-likeness (QED) is 0.767. The predicted octanol–water partition coefficient (Wildman–Crippen LogP) is 3.44. The van der Waals surface area contributed by atoms with Crippen LogP contribution >= 0.6 is 0 Å². The average Bonchev–Trinajstić information content (AvgIpc) is 2.38. The van der Waals surface area contributed by atoms with Gasteiger partial charge < -0.3 is 0 Å². The molecule has 0 aliphatic heterocycles. The van der Waals surface area contributed by atoms with Crippen LogP contribution in [0.3, 0.4) is 0 Å². The van der Waals surface area contributed by atoms with Crippen LogP contribution in [0.15, 0.2) is 30.3 Å². The summed E-state index contributed by atoms with van der Waals surface area (Å²) < 4.78 is 0. The van der Waals surface area contributed by atoms with E-state index >= 15 is 0 Å². The monoisotopic (exact) mass is 250 g/mol. The minimum absolute atomic E-state index is 0.0691. The van der Waals surface area contributed by atoms with Crippen molar-refractivity contribution in [3.8, 4) is 17.2 Å². The number of rotatable bonds is 2. The van der Waals surface area contributed by atoms with Crippen molar-refractivity contribution in [1.82, 2.24) is 4.98 Å². The number of carbonyl (C=O) groups is 1. The van der Waals surface area contributed by atoms with Crippen LogP contribution in [0.4, 0.5) is 0 Å². The zero-order valence-electron chi connectivity index (χ0n) is 11.2. The average molecular weight is 250 g/mol. The van der Waals surface area contributed by atoms with Crippen molar-refractivity contribution in [1.29, 1.82) is 5.26 Å². The maximum atomic E-state index is 11.9. The van der Waals surface area contributed by atoms with E-state index in [2.05, 4.69) is 11.1 Å². The largest absolute Gasteiger partial charge is 0.294 e. The Morgan fingerprint density at radius 3 is 2.32 bits per heavy atom. The molecule has 1 aromatic carbocycles. The number of hydrogen-bond acceptors (Lipinski definition) is 3. The smallest absolute Gasteiger partial charge is 0.162 e. The van der Waals surface area contributed by atoms with Crippen LogP contribution in [0, 0.1) is 25.2 Å². The van der Waals surface area contributed by atoms with Crippen LogP contribution in [-0.4, -0.2) is 10.8 Å². The second-order valence-corrected chi connectivity index (χ2v) is 4.44. The zero-order chi connectivity index (χ0) is 14.0. The van der Waals surface area contributed by atoms with E-state index in [1.54, 1.807) is 13.8 Å². The Hall–Kier alpha value is -2.47. The molecule has 19 heavy (non-hydrogen) atoms. The van der Waals surface area contributed by atoms with Gasteiger partial charge in [-0.05, 0) is 26.3 Å². The lowest BCUT2D eigenvalue weighted by molar-refractivity contribution is 0.101. The molecule has 94 valence electrons. The number of carbonyl (C=O) groups excluding carboxylic acids is 1. The van der Waals surface area contributed by atoms with Crippen molar-refractivity contribution >= 4 is 5.78 Å². The Bertz CT molecular complexity index is 682. The van der Waals surface area contributed by atoms with Gasteiger partial charge in [-0.3, -0.25) is 9.78 Å². The lowest BCUT2D eigenvalue weighted by Gasteiger charge is -2.13. The van der Waals surface area contributed by atoms with Gasteiger partial charge in [-0.1, -0.05) is 30.3 Å². The molecule has 0 bridgehead atoms. The highest BCUT2D eigenvalue weighted by Gasteiger charge is 2.19. The fourth-order valence-corrected chi connectivity index (χ4v) is 2.31. The summed E-state index contributed by atoms with van der Waals surface area (Å²) in [5, 5.41) is 9.36. The van der Waals surface area contributed by atoms with Crippen LogP contribution in [0.1, 0.15) is 34.2 Å². The van der Waals surface area contributed by atoms with Gasteiger partial charge in [0.25, 0.3) is 0 Å².